The zero-order valence-corrected chi connectivity index (χ0v) is 11.3. The molecule has 1 aliphatic rings. The molecule has 0 aromatic heterocycles. The van der Waals surface area contributed by atoms with Gasteiger partial charge in [-0.15, -0.1) is 0 Å². The zero-order valence-electron chi connectivity index (χ0n) is 11.3. The minimum absolute atomic E-state index is 0.294. The van der Waals surface area contributed by atoms with E-state index in [4.69, 9.17) is 4.74 Å². The van der Waals surface area contributed by atoms with E-state index in [0.29, 0.717) is 19.1 Å². The van der Waals surface area contributed by atoms with Gasteiger partial charge in [-0.2, -0.15) is 0 Å². The van der Waals surface area contributed by atoms with E-state index in [9.17, 15) is 5.11 Å². The van der Waals surface area contributed by atoms with Crippen LogP contribution < -0.4 is 10.1 Å². The van der Waals surface area contributed by atoms with Gasteiger partial charge >= 0.3 is 0 Å². The highest BCUT2D eigenvalue weighted by atomic mass is 16.5. The van der Waals surface area contributed by atoms with E-state index in [1.54, 1.807) is 6.92 Å². The van der Waals surface area contributed by atoms with E-state index in [0.717, 1.165) is 18.7 Å². The molecular weight excluding hydrogens is 226 g/mol. The molecule has 2 atom stereocenters. The molecule has 18 heavy (non-hydrogen) atoms. The maximum absolute atomic E-state index is 9.19. The molecule has 0 radical (unpaired) electrons. The number of fused-ring (bicyclic) bond motifs is 1. The summed E-state index contributed by atoms with van der Waals surface area (Å²) in [5.41, 5.74) is 2.82. The fourth-order valence-corrected chi connectivity index (χ4v) is 2.49. The molecule has 0 bridgehead atoms. The average Bonchev–Trinajstić information content (AvgIpc) is 2.72. The molecule has 0 aliphatic heterocycles. The minimum Gasteiger partial charge on any atom is -0.493 e. The molecule has 1 aromatic rings. The standard InChI is InChI=1S/C15H23NO2/c1-3-16-15-7-4-12-10-13(5-6-14(12)15)18-9-8-11(2)17/h5-6,10-11,15-17H,3-4,7-9H2,1-2H3. The van der Waals surface area contributed by atoms with Crippen LogP contribution in [0.15, 0.2) is 18.2 Å². The van der Waals surface area contributed by atoms with Gasteiger partial charge in [-0.1, -0.05) is 13.0 Å². The highest BCUT2D eigenvalue weighted by molar-refractivity contribution is 5.40. The van der Waals surface area contributed by atoms with E-state index < -0.39 is 0 Å². The quantitative estimate of drug-likeness (QED) is 0.813. The Hall–Kier alpha value is -1.06. The maximum atomic E-state index is 9.19. The van der Waals surface area contributed by atoms with Crippen LogP contribution in [0, 0.1) is 0 Å². The molecule has 2 N–H and O–H groups in total. The molecule has 0 saturated carbocycles. The Morgan fingerprint density at radius 2 is 2.33 bits per heavy atom. The smallest absolute Gasteiger partial charge is 0.119 e. The summed E-state index contributed by atoms with van der Waals surface area (Å²) in [5.74, 6) is 0.923. The fourth-order valence-electron chi connectivity index (χ4n) is 2.49. The van der Waals surface area contributed by atoms with Crippen LogP contribution in [0.4, 0.5) is 0 Å². The first-order valence-corrected chi connectivity index (χ1v) is 6.87. The van der Waals surface area contributed by atoms with E-state index >= 15 is 0 Å². The number of hydrogen-bond acceptors (Lipinski definition) is 3. The average molecular weight is 249 g/mol. The Kier molecular flexibility index (Phi) is 4.61. The molecule has 0 fully saturated rings. The fraction of sp³-hybridized carbons (Fsp3) is 0.600. The molecule has 1 aromatic carbocycles. The third-order valence-electron chi connectivity index (χ3n) is 3.45. The predicted octanol–water partition coefficient (Wildman–Crippen LogP) is 2.43. The first-order chi connectivity index (χ1) is 8.70. The largest absolute Gasteiger partial charge is 0.493 e. The maximum Gasteiger partial charge on any atom is 0.119 e. The topological polar surface area (TPSA) is 41.5 Å². The summed E-state index contributed by atoms with van der Waals surface area (Å²) in [6, 6.07) is 6.87. The van der Waals surface area contributed by atoms with Crippen LogP contribution in [-0.2, 0) is 6.42 Å². The van der Waals surface area contributed by atoms with Crippen LogP contribution in [0.5, 0.6) is 5.75 Å². The van der Waals surface area contributed by atoms with Crippen molar-refractivity contribution >= 4 is 0 Å². The van der Waals surface area contributed by atoms with Crippen LogP contribution in [0.2, 0.25) is 0 Å². The van der Waals surface area contributed by atoms with E-state index in [1.165, 1.54) is 17.5 Å². The van der Waals surface area contributed by atoms with Crippen molar-refractivity contribution in [2.45, 2.75) is 45.3 Å². The van der Waals surface area contributed by atoms with Crippen LogP contribution in [0.25, 0.3) is 0 Å². The van der Waals surface area contributed by atoms with Gasteiger partial charge in [0.25, 0.3) is 0 Å². The third-order valence-corrected chi connectivity index (χ3v) is 3.45. The minimum atomic E-state index is -0.294. The van der Waals surface area contributed by atoms with Crippen molar-refractivity contribution in [3.63, 3.8) is 0 Å². The number of hydrogen-bond donors (Lipinski definition) is 2. The number of nitrogens with one attached hydrogen (secondary N) is 1. The molecule has 0 saturated heterocycles. The molecule has 3 heteroatoms. The molecule has 2 rings (SSSR count). The summed E-state index contributed by atoms with van der Waals surface area (Å²) < 4.78 is 5.66. The third kappa shape index (κ3) is 3.24. The van der Waals surface area contributed by atoms with Gasteiger partial charge in [0.05, 0.1) is 12.7 Å². The van der Waals surface area contributed by atoms with Crippen LogP contribution in [0.3, 0.4) is 0 Å². The summed E-state index contributed by atoms with van der Waals surface area (Å²) in [4.78, 5) is 0. The lowest BCUT2D eigenvalue weighted by Crippen LogP contribution is -2.18. The normalized spacial score (nSPS) is 19.6. The van der Waals surface area contributed by atoms with Crippen molar-refractivity contribution in [2.24, 2.45) is 0 Å². The monoisotopic (exact) mass is 249 g/mol. The van der Waals surface area contributed by atoms with Crippen LogP contribution >= 0.6 is 0 Å². The highest BCUT2D eigenvalue weighted by Crippen LogP contribution is 2.33. The van der Waals surface area contributed by atoms with E-state index in [2.05, 4.69) is 24.4 Å². The second-order valence-electron chi connectivity index (χ2n) is 5.00. The summed E-state index contributed by atoms with van der Waals surface area (Å²) in [6.07, 6.45) is 2.69. The Morgan fingerprint density at radius 3 is 3.06 bits per heavy atom. The van der Waals surface area contributed by atoms with Crippen molar-refractivity contribution in [3.8, 4) is 5.75 Å². The highest BCUT2D eigenvalue weighted by Gasteiger charge is 2.21. The Bertz CT molecular complexity index is 390. The van der Waals surface area contributed by atoms with Gasteiger partial charge in [0.1, 0.15) is 5.75 Å². The lowest BCUT2D eigenvalue weighted by molar-refractivity contribution is 0.155. The van der Waals surface area contributed by atoms with Crippen LogP contribution in [0.1, 0.15) is 43.9 Å². The molecule has 2 unspecified atom stereocenters. The molecule has 100 valence electrons. The molecule has 1 aliphatic carbocycles. The van der Waals surface area contributed by atoms with Crippen molar-refractivity contribution in [2.75, 3.05) is 13.2 Å². The van der Waals surface area contributed by atoms with Crippen molar-refractivity contribution in [1.29, 1.82) is 0 Å². The Labute approximate surface area is 109 Å². The lowest BCUT2D eigenvalue weighted by atomic mass is 10.1. The first-order valence-electron chi connectivity index (χ1n) is 6.87. The van der Waals surface area contributed by atoms with Gasteiger partial charge in [0.2, 0.25) is 0 Å². The summed E-state index contributed by atoms with van der Waals surface area (Å²) >= 11 is 0. The molecule has 3 nitrogen and oxygen atoms in total. The van der Waals surface area contributed by atoms with Crippen molar-refractivity contribution < 1.29 is 9.84 Å². The second kappa shape index (κ2) is 6.21. The molecular formula is C15H23NO2. The predicted molar refractivity (Wildman–Crippen MR) is 73.0 cm³/mol. The number of aliphatic hydroxyl groups excluding tert-OH is 1. The van der Waals surface area contributed by atoms with Gasteiger partial charge < -0.3 is 15.2 Å². The van der Waals surface area contributed by atoms with Gasteiger partial charge in [-0.05, 0) is 49.6 Å². The number of benzene rings is 1. The van der Waals surface area contributed by atoms with Crippen molar-refractivity contribution in [1.82, 2.24) is 5.32 Å². The van der Waals surface area contributed by atoms with E-state index in [-0.39, 0.29) is 6.10 Å². The van der Waals surface area contributed by atoms with Gasteiger partial charge in [-0.3, -0.25) is 0 Å². The molecule has 0 spiro atoms. The number of aryl methyl sites for hydroxylation is 1. The number of rotatable bonds is 6. The van der Waals surface area contributed by atoms with Gasteiger partial charge in [0.15, 0.2) is 0 Å². The Morgan fingerprint density at radius 1 is 1.50 bits per heavy atom. The summed E-state index contributed by atoms with van der Waals surface area (Å²) in [6.45, 7) is 5.52. The summed E-state index contributed by atoms with van der Waals surface area (Å²) in [7, 11) is 0. The number of ether oxygens (including phenoxy) is 1. The number of aliphatic hydroxyl groups is 1. The zero-order chi connectivity index (χ0) is 13.0. The van der Waals surface area contributed by atoms with Crippen molar-refractivity contribution in [3.05, 3.63) is 29.3 Å². The molecule has 0 heterocycles. The van der Waals surface area contributed by atoms with E-state index in [1.807, 2.05) is 6.07 Å². The van der Waals surface area contributed by atoms with Gasteiger partial charge in [0, 0.05) is 12.5 Å². The first kappa shape index (κ1) is 13.4. The second-order valence-corrected chi connectivity index (χ2v) is 5.00. The molecule has 0 amide bonds. The van der Waals surface area contributed by atoms with Gasteiger partial charge in [-0.25, -0.2) is 0 Å². The Balaban J connectivity index is 1.96. The lowest BCUT2D eigenvalue weighted by Gasteiger charge is -2.13. The van der Waals surface area contributed by atoms with Crippen LogP contribution in [-0.4, -0.2) is 24.4 Å². The SMILES string of the molecule is CCNC1CCc2cc(OCCC(C)O)ccc21. The summed E-state index contributed by atoms with van der Waals surface area (Å²) in [5, 5.41) is 12.7.